The molecule has 0 aliphatic heterocycles. The van der Waals surface area contributed by atoms with Crippen LogP contribution < -0.4 is 15.6 Å². The SMILES string of the molecule is O=C(Cn1cnc2ccc(F)cc2c1=O)Nc1ccc(Oc2ccccc2Cl)cc1. The van der Waals surface area contributed by atoms with E-state index in [0.717, 1.165) is 10.6 Å². The molecule has 30 heavy (non-hydrogen) atoms. The number of carbonyl (C=O) groups is 1. The summed E-state index contributed by atoms with van der Waals surface area (Å²) in [6.45, 7) is -0.254. The summed E-state index contributed by atoms with van der Waals surface area (Å²) in [6.07, 6.45) is 1.27. The fraction of sp³-hybridized carbons (Fsp3) is 0.0455. The topological polar surface area (TPSA) is 73.2 Å². The Kier molecular flexibility index (Phi) is 5.45. The average Bonchev–Trinajstić information content (AvgIpc) is 2.73. The first-order valence-corrected chi connectivity index (χ1v) is 9.34. The summed E-state index contributed by atoms with van der Waals surface area (Å²) in [4.78, 5) is 28.9. The van der Waals surface area contributed by atoms with E-state index in [1.54, 1.807) is 42.5 Å². The lowest BCUT2D eigenvalue weighted by Crippen LogP contribution is -2.27. The molecule has 3 aromatic carbocycles. The largest absolute Gasteiger partial charge is 0.456 e. The average molecular weight is 424 g/mol. The zero-order chi connectivity index (χ0) is 21.1. The number of nitrogens with one attached hydrogen (secondary N) is 1. The minimum absolute atomic E-state index is 0.117. The second-order valence-corrected chi connectivity index (χ2v) is 6.85. The van der Waals surface area contributed by atoms with Crippen molar-refractivity contribution in [1.82, 2.24) is 9.55 Å². The molecule has 0 spiro atoms. The van der Waals surface area contributed by atoms with E-state index in [9.17, 15) is 14.0 Å². The predicted octanol–water partition coefficient (Wildman–Crippen LogP) is 4.62. The molecule has 1 amide bonds. The molecule has 0 fully saturated rings. The Morgan fingerprint density at radius 3 is 2.63 bits per heavy atom. The Labute approximate surface area is 175 Å². The van der Waals surface area contributed by atoms with Crippen LogP contribution in [0.15, 0.2) is 77.9 Å². The zero-order valence-electron chi connectivity index (χ0n) is 15.5. The van der Waals surface area contributed by atoms with Crippen LogP contribution in [0.2, 0.25) is 5.02 Å². The van der Waals surface area contributed by atoms with Gasteiger partial charge in [-0.1, -0.05) is 23.7 Å². The van der Waals surface area contributed by atoms with E-state index in [1.165, 1.54) is 18.5 Å². The number of fused-ring (bicyclic) bond motifs is 1. The van der Waals surface area contributed by atoms with Crippen molar-refractivity contribution in [2.75, 3.05) is 5.32 Å². The third-order valence-corrected chi connectivity index (χ3v) is 4.61. The highest BCUT2D eigenvalue weighted by atomic mass is 35.5. The molecule has 0 bridgehead atoms. The van der Waals surface area contributed by atoms with Crippen LogP contribution in [0.1, 0.15) is 0 Å². The van der Waals surface area contributed by atoms with Gasteiger partial charge in [-0.25, -0.2) is 9.37 Å². The first-order valence-electron chi connectivity index (χ1n) is 8.96. The normalized spacial score (nSPS) is 10.7. The molecule has 0 aliphatic carbocycles. The molecule has 0 atom stereocenters. The van der Waals surface area contributed by atoms with Gasteiger partial charge in [0.05, 0.1) is 22.3 Å². The molecule has 0 radical (unpaired) electrons. The number of para-hydroxylation sites is 1. The number of amides is 1. The molecule has 4 rings (SSSR count). The van der Waals surface area contributed by atoms with Crippen molar-refractivity contribution >= 4 is 34.1 Å². The first-order chi connectivity index (χ1) is 14.5. The van der Waals surface area contributed by atoms with Gasteiger partial charge in [0.1, 0.15) is 23.9 Å². The van der Waals surface area contributed by atoms with Gasteiger partial charge in [0, 0.05) is 5.69 Å². The molecule has 1 heterocycles. The van der Waals surface area contributed by atoms with Gasteiger partial charge in [0.25, 0.3) is 5.56 Å². The van der Waals surface area contributed by atoms with E-state index in [4.69, 9.17) is 16.3 Å². The fourth-order valence-electron chi connectivity index (χ4n) is 2.86. The number of carbonyl (C=O) groups excluding carboxylic acids is 1. The third kappa shape index (κ3) is 4.31. The highest BCUT2D eigenvalue weighted by molar-refractivity contribution is 6.32. The zero-order valence-corrected chi connectivity index (χ0v) is 16.3. The predicted molar refractivity (Wildman–Crippen MR) is 113 cm³/mol. The fourth-order valence-corrected chi connectivity index (χ4v) is 3.03. The van der Waals surface area contributed by atoms with Crippen molar-refractivity contribution in [2.45, 2.75) is 6.54 Å². The highest BCUT2D eigenvalue weighted by Crippen LogP contribution is 2.29. The highest BCUT2D eigenvalue weighted by Gasteiger charge is 2.10. The summed E-state index contributed by atoms with van der Waals surface area (Å²) in [6, 6.07) is 17.6. The van der Waals surface area contributed by atoms with Crippen molar-refractivity contribution < 1.29 is 13.9 Å². The summed E-state index contributed by atoms with van der Waals surface area (Å²) < 4.78 is 20.3. The molecular formula is C22H15ClFN3O3. The Balaban J connectivity index is 1.44. The van der Waals surface area contributed by atoms with Gasteiger partial charge < -0.3 is 10.1 Å². The molecule has 150 valence electrons. The molecule has 0 saturated heterocycles. The summed E-state index contributed by atoms with van der Waals surface area (Å²) in [5.74, 6) is 0.116. The maximum atomic E-state index is 13.4. The summed E-state index contributed by atoms with van der Waals surface area (Å²) in [5.41, 5.74) is 0.407. The van der Waals surface area contributed by atoms with Gasteiger partial charge in [0.15, 0.2) is 0 Å². The quantitative estimate of drug-likeness (QED) is 0.508. The van der Waals surface area contributed by atoms with E-state index in [-0.39, 0.29) is 11.9 Å². The van der Waals surface area contributed by atoms with E-state index in [2.05, 4.69) is 10.3 Å². The number of aromatic nitrogens is 2. The van der Waals surface area contributed by atoms with Crippen LogP contribution >= 0.6 is 11.6 Å². The van der Waals surface area contributed by atoms with Crippen LogP contribution in [0.25, 0.3) is 10.9 Å². The van der Waals surface area contributed by atoms with Gasteiger partial charge in [-0.2, -0.15) is 0 Å². The van der Waals surface area contributed by atoms with Crippen molar-refractivity contribution in [2.24, 2.45) is 0 Å². The Morgan fingerprint density at radius 2 is 1.87 bits per heavy atom. The van der Waals surface area contributed by atoms with Crippen LogP contribution in [-0.4, -0.2) is 15.5 Å². The molecule has 0 unspecified atom stereocenters. The molecule has 0 aliphatic rings. The first kappa shape index (κ1) is 19.6. The van der Waals surface area contributed by atoms with Gasteiger partial charge in [-0.3, -0.25) is 14.2 Å². The molecule has 8 heteroatoms. The molecule has 1 aromatic heterocycles. The maximum absolute atomic E-state index is 13.4. The lowest BCUT2D eigenvalue weighted by atomic mass is 10.2. The number of rotatable bonds is 5. The number of benzene rings is 3. The molecule has 4 aromatic rings. The Bertz CT molecular complexity index is 1290. The smallest absolute Gasteiger partial charge is 0.261 e. The van der Waals surface area contributed by atoms with Crippen molar-refractivity contribution in [3.05, 3.63) is 94.3 Å². The van der Waals surface area contributed by atoms with Crippen molar-refractivity contribution in [3.63, 3.8) is 0 Å². The number of hydrogen-bond donors (Lipinski definition) is 1. The monoisotopic (exact) mass is 423 g/mol. The number of nitrogens with zero attached hydrogens (tertiary/aromatic N) is 2. The van der Waals surface area contributed by atoms with Crippen LogP contribution in [0.5, 0.6) is 11.5 Å². The van der Waals surface area contributed by atoms with Gasteiger partial charge in [-0.15, -0.1) is 0 Å². The lowest BCUT2D eigenvalue weighted by molar-refractivity contribution is -0.116. The number of anilines is 1. The van der Waals surface area contributed by atoms with Crippen LogP contribution in [-0.2, 0) is 11.3 Å². The summed E-state index contributed by atoms with van der Waals surface area (Å²) in [5, 5.41) is 3.30. The van der Waals surface area contributed by atoms with Crippen LogP contribution in [0, 0.1) is 5.82 Å². The van der Waals surface area contributed by atoms with Crippen LogP contribution in [0.4, 0.5) is 10.1 Å². The number of halogens is 2. The Hall–Kier alpha value is -3.71. The minimum atomic E-state index is -0.539. The molecule has 0 saturated carbocycles. The van der Waals surface area contributed by atoms with E-state index in [0.29, 0.717) is 27.7 Å². The Morgan fingerprint density at radius 1 is 1.10 bits per heavy atom. The summed E-state index contributed by atoms with van der Waals surface area (Å²) >= 11 is 6.07. The van der Waals surface area contributed by atoms with Gasteiger partial charge >= 0.3 is 0 Å². The minimum Gasteiger partial charge on any atom is -0.456 e. The number of hydrogen-bond acceptors (Lipinski definition) is 4. The lowest BCUT2D eigenvalue weighted by Gasteiger charge is -2.10. The van der Waals surface area contributed by atoms with E-state index in [1.807, 2.05) is 6.07 Å². The van der Waals surface area contributed by atoms with Gasteiger partial charge in [-0.05, 0) is 54.6 Å². The second kappa shape index (κ2) is 8.34. The maximum Gasteiger partial charge on any atom is 0.261 e. The van der Waals surface area contributed by atoms with Crippen molar-refractivity contribution in [3.8, 4) is 11.5 Å². The summed E-state index contributed by atoms with van der Waals surface area (Å²) in [7, 11) is 0. The number of ether oxygens (including phenoxy) is 1. The van der Waals surface area contributed by atoms with E-state index < -0.39 is 17.3 Å². The standard InChI is InChI=1S/C22H15ClFN3O3/c23-18-3-1-2-4-20(18)30-16-8-6-15(7-9-16)26-21(28)12-27-13-25-19-10-5-14(24)11-17(19)22(27)29/h1-11,13H,12H2,(H,26,28). The van der Waals surface area contributed by atoms with Crippen LogP contribution in [0.3, 0.4) is 0 Å². The van der Waals surface area contributed by atoms with E-state index >= 15 is 0 Å². The van der Waals surface area contributed by atoms with Gasteiger partial charge in [0.2, 0.25) is 5.91 Å². The molecule has 6 nitrogen and oxygen atoms in total. The molecule has 1 N–H and O–H groups in total. The molecular weight excluding hydrogens is 409 g/mol. The van der Waals surface area contributed by atoms with Crippen molar-refractivity contribution in [1.29, 1.82) is 0 Å². The second-order valence-electron chi connectivity index (χ2n) is 6.44. The third-order valence-electron chi connectivity index (χ3n) is 4.30.